The van der Waals surface area contributed by atoms with Gasteiger partial charge in [-0.3, -0.25) is 0 Å². The molecule has 0 bridgehead atoms. The molecule has 0 saturated heterocycles. The van der Waals surface area contributed by atoms with Crippen LogP contribution in [0.25, 0.3) is 0 Å². The van der Waals surface area contributed by atoms with Gasteiger partial charge in [0, 0.05) is 24.7 Å². The minimum Gasteiger partial charge on any atom is -0.508 e. The van der Waals surface area contributed by atoms with Crippen molar-refractivity contribution in [1.29, 1.82) is 0 Å². The molecule has 0 aromatic heterocycles. The van der Waals surface area contributed by atoms with Gasteiger partial charge < -0.3 is 10.4 Å². The molecule has 0 aliphatic heterocycles. The van der Waals surface area contributed by atoms with Gasteiger partial charge in [0.1, 0.15) is 5.75 Å². The summed E-state index contributed by atoms with van der Waals surface area (Å²) in [6.45, 7) is 7.45. The second-order valence-corrected chi connectivity index (χ2v) is 7.33. The molecule has 0 aliphatic rings. The van der Waals surface area contributed by atoms with Crippen LogP contribution in [0.5, 0.6) is 5.75 Å². The van der Waals surface area contributed by atoms with Gasteiger partial charge in [0.05, 0.1) is 6.26 Å². The van der Waals surface area contributed by atoms with E-state index in [9.17, 15) is 13.5 Å². The maximum atomic E-state index is 11.5. The van der Waals surface area contributed by atoms with Crippen LogP contribution >= 0.6 is 0 Å². The van der Waals surface area contributed by atoms with Crippen molar-refractivity contribution in [3.05, 3.63) is 29.3 Å². The minimum absolute atomic E-state index is 0.0268. The Kier molecular flexibility index (Phi) is 6.64. The number of aromatic hydroxyl groups is 1. The van der Waals surface area contributed by atoms with Gasteiger partial charge in [-0.15, -0.1) is 0 Å². The third kappa shape index (κ3) is 5.65. The average Bonchev–Trinajstić information content (AvgIpc) is 2.36. The summed E-state index contributed by atoms with van der Waals surface area (Å²) in [5.74, 6) is 0.293. The number of phenols is 1. The molecule has 21 heavy (non-hydrogen) atoms. The topological polar surface area (TPSA) is 69.6 Å². The Balaban J connectivity index is 2.45. The summed E-state index contributed by atoms with van der Waals surface area (Å²) >= 11 is 0. The maximum absolute atomic E-state index is 11.5. The predicted octanol–water partition coefficient (Wildman–Crippen LogP) is 2.02. The molecule has 0 heterocycles. The van der Waals surface area contributed by atoms with E-state index in [1.54, 1.807) is 6.07 Å². The van der Waals surface area contributed by atoms with Crippen LogP contribution in [-0.2, 0) is 10.0 Å². The monoisotopic (exact) mass is 314 g/mol. The molecule has 1 atom stereocenters. The van der Waals surface area contributed by atoms with Crippen molar-refractivity contribution < 1.29 is 13.5 Å². The van der Waals surface area contributed by atoms with Gasteiger partial charge in [-0.2, -0.15) is 0 Å². The summed E-state index contributed by atoms with van der Waals surface area (Å²) in [5.41, 5.74) is 1.88. The molecule has 0 aliphatic carbocycles. The molecule has 2 N–H and O–H groups in total. The van der Waals surface area contributed by atoms with E-state index in [1.165, 1.54) is 10.6 Å². The molecule has 1 aromatic carbocycles. The second-order valence-electron chi connectivity index (χ2n) is 5.35. The van der Waals surface area contributed by atoms with E-state index >= 15 is 0 Å². The fourth-order valence-electron chi connectivity index (χ4n) is 2.26. The van der Waals surface area contributed by atoms with Crippen LogP contribution in [0.1, 0.15) is 37.4 Å². The summed E-state index contributed by atoms with van der Waals surface area (Å²) in [5, 5.41) is 13.2. The molecule has 0 amide bonds. The van der Waals surface area contributed by atoms with Crippen molar-refractivity contribution in [2.75, 3.05) is 25.9 Å². The fraction of sp³-hybridized carbons (Fsp3) is 0.600. The van der Waals surface area contributed by atoms with Gasteiger partial charge in [0.25, 0.3) is 0 Å². The normalized spacial score (nSPS) is 13.6. The first kappa shape index (κ1) is 17.9. The van der Waals surface area contributed by atoms with Crippen molar-refractivity contribution in [3.63, 3.8) is 0 Å². The fourth-order valence-corrected chi connectivity index (χ4v) is 3.19. The standard InChI is InChI=1S/C15H26N2O3S/c1-5-17(21(4,19)20)10-6-9-16-13(3)14-8-7-12(2)11-15(14)18/h7-8,11,13,16,18H,5-6,9-10H2,1-4H3. The number of hydrogen-bond donors (Lipinski definition) is 2. The van der Waals surface area contributed by atoms with Gasteiger partial charge in [-0.1, -0.05) is 19.1 Å². The summed E-state index contributed by atoms with van der Waals surface area (Å²) in [6, 6.07) is 5.65. The predicted molar refractivity (Wildman–Crippen MR) is 86.0 cm³/mol. The number of nitrogens with one attached hydrogen (secondary N) is 1. The third-order valence-electron chi connectivity index (χ3n) is 3.51. The van der Waals surface area contributed by atoms with Crippen LogP contribution in [0.2, 0.25) is 0 Å². The molecule has 0 fully saturated rings. The van der Waals surface area contributed by atoms with Crippen LogP contribution < -0.4 is 5.32 Å². The van der Waals surface area contributed by atoms with E-state index in [4.69, 9.17) is 0 Å². The Hall–Kier alpha value is -1.11. The molecule has 0 spiro atoms. The quantitative estimate of drug-likeness (QED) is 0.720. The van der Waals surface area contributed by atoms with Gasteiger partial charge in [0.2, 0.25) is 10.0 Å². The molecule has 1 aromatic rings. The summed E-state index contributed by atoms with van der Waals surface area (Å²) in [7, 11) is -3.11. The highest BCUT2D eigenvalue weighted by atomic mass is 32.2. The van der Waals surface area contributed by atoms with Crippen molar-refractivity contribution in [2.24, 2.45) is 0 Å². The molecule has 0 saturated carbocycles. The van der Waals surface area contributed by atoms with E-state index in [1.807, 2.05) is 32.9 Å². The Labute approximate surface area is 128 Å². The van der Waals surface area contributed by atoms with Crippen LogP contribution in [0, 0.1) is 6.92 Å². The molecule has 5 nitrogen and oxygen atoms in total. The largest absolute Gasteiger partial charge is 0.508 e. The summed E-state index contributed by atoms with van der Waals surface area (Å²) in [6.07, 6.45) is 1.97. The first-order chi connectivity index (χ1) is 9.75. The molecule has 1 unspecified atom stereocenters. The zero-order chi connectivity index (χ0) is 16.0. The van der Waals surface area contributed by atoms with E-state index < -0.39 is 10.0 Å². The van der Waals surface area contributed by atoms with E-state index in [0.717, 1.165) is 17.5 Å². The Morgan fingerprint density at radius 3 is 2.57 bits per heavy atom. The van der Waals surface area contributed by atoms with E-state index in [0.29, 0.717) is 25.4 Å². The number of benzene rings is 1. The van der Waals surface area contributed by atoms with Crippen LogP contribution in [0.15, 0.2) is 18.2 Å². The van der Waals surface area contributed by atoms with Crippen molar-refractivity contribution in [2.45, 2.75) is 33.2 Å². The van der Waals surface area contributed by atoms with Gasteiger partial charge in [-0.05, 0) is 38.4 Å². The van der Waals surface area contributed by atoms with Crippen LogP contribution in [0.3, 0.4) is 0 Å². The van der Waals surface area contributed by atoms with Crippen LogP contribution in [0.4, 0.5) is 0 Å². The second kappa shape index (κ2) is 7.77. The van der Waals surface area contributed by atoms with E-state index in [2.05, 4.69) is 5.32 Å². The van der Waals surface area contributed by atoms with E-state index in [-0.39, 0.29) is 6.04 Å². The molecule has 6 heteroatoms. The third-order valence-corrected chi connectivity index (χ3v) is 4.89. The summed E-state index contributed by atoms with van der Waals surface area (Å²) in [4.78, 5) is 0. The van der Waals surface area contributed by atoms with Crippen molar-refractivity contribution in [1.82, 2.24) is 9.62 Å². The number of rotatable bonds is 8. The molecule has 120 valence electrons. The van der Waals surface area contributed by atoms with Gasteiger partial charge >= 0.3 is 0 Å². The molecular weight excluding hydrogens is 288 g/mol. The Morgan fingerprint density at radius 2 is 2.05 bits per heavy atom. The average molecular weight is 314 g/mol. The maximum Gasteiger partial charge on any atom is 0.211 e. The smallest absolute Gasteiger partial charge is 0.211 e. The number of aryl methyl sites for hydroxylation is 1. The highest BCUT2D eigenvalue weighted by Gasteiger charge is 2.14. The lowest BCUT2D eigenvalue weighted by molar-refractivity contribution is 0.410. The highest BCUT2D eigenvalue weighted by molar-refractivity contribution is 7.88. The van der Waals surface area contributed by atoms with Crippen molar-refractivity contribution >= 4 is 10.0 Å². The minimum atomic E-state index is -3.11. The van der Waals surface area contributed by atoms with Gasteiger partial charge in [-0.25, -0.2) is 12.7 Å². The first-order valence-corrected chi connectivity index (χ1v) is 9.08. The van der Waals surface area contributed by atoms with Crippen LogP contribution in [-0.4, -0.2) is 43.7 Å². The number of sulfonamides is 1. The SMILES string of the molecule is CCN(CCCNC(C)c1ccc(C)cc1O)S(C)(=O)=O. The molecular formula is C15H26N2O3S. The number of phenolic OH excluding ortho intramolecular Hbond substituents is 1. The first-order valence-electron chi connectivity index (χ1n) is 7.23. The number of hydrogen-bond acceptors (Lipinski definition) is 4. The lowest BCUT2D eigenvalue weighted by Crippen LogP contribution is -2.32. The lowest BCUT2D eigenvalue weighted by atomic mass is 10.1. The molecule has 1 rings (SSSR count). The highest BCUT2D eigenvalue weighted by Crippen LogP contribution is 2.24. The summed E-state index contributed by atoms with van der Waals surface area (Å²) < 4.78 is 24.4. The van der Waals surface area contributed by atoms with Crippen molar-refractivity contribution in [3.8, 4) is 5.75 Å². The zero-order valence-electron chi connectivity index (χ0n) is 13.3. The van der Waals surface area contributed by atoms with Gasteiger partial charge in [0.15, 0.2) is 0 Å². The Bertz CT molecular complexity index is 558. The number of nitrogens with zero attached hydrogens (tertiary/aromatic N) is 1. The lowest BCUT2D eigenvalue weighted by Gasteiger charge is -2.19. The molecule has 0 radical (unpaired) electrons. The Morgan fingerprint density at radius 1 is 1.38 bits per heavy atom. The zero-order valence-corrected chi connectivity index (χ0v) is 14.1.